The van der Waals surface area contributed by atoms with Gasteiger partial charge < -0.3 is 20.1 Å². The predicted molar refractivity (Wildman–Crippen MR) is 105 cm³/mol. The molecular weight excluding hydrogens is 414 g/mol. The fourth-order valence-corrected chi connectivity index (χ4v) is 3.23. The van der Waals surface area contributed by atoms with Crippen molar-refractivity contribution < 1.29 is 37.4 Å². The summed E-state index contributed by atoms with van der Waals surface area (Å²) in [5.74, 6) is -7.54. The van der Waals surface area contributed by atoms with Gasteiger partial charge in [0.2, 0.25) is 5.91 Å². The highest BCUT2D eigenvalue weighted by Crippen LogP contribution is 2.34. The lowest BCUT2D eigenvalue weighted by Gasteiger charge is -2.25. The molecule has 1 aliphatic rings. The van der Waals surface area contributed by atoms with Crippen molar-refractivity contribution in [3.8, 4) is 0 Å². The van der Waals surface area contributed by atoms with Gasteiger partial charge in [-0.1, -0.05) is 6.07 Å². The van der Waals surface area contributed by atoms with Gasteiger partial charge in [0.15, 0.2) is 0 Å². The monoisotopic (exact) mass is 440 g/mol. The Balaban J connectivity index is 2.20. The van der Waals surface area contributed by atoms with E-state index in [0.717, 1.165) is 17.0 Å². The number of benzene rings is 1. The molecule has 0 fully saturated rings. The zero-order valence-corrected chi connectivity index (χ0v) is 17.9. The average Bonchev–Trinajstić information content (AvgIpc) is 2.96. The molecule has 0 bridgehead atoms. The standard InChI is InChI=1S/C21H26F2N2O6/c1-5-30-19(29)21(22,23)13-6-7-14-12(10-13)11-25(18(14)28)15(17(24)27)8-9-16(26)31-20(2,3)4/h6-7,10,15H,5,8-9,11H2,1-4H3,(H2,24,27). The second kappa shape index (κ2) is 8.99. The number of nitrogens with two attached hydrogens (primary N) is 1. The van der Waals surface area contributed by atoms with Crippen molar-refractivity contribution in [3.05, 3.63) is 34.9 Å². The van der Waals surface area contributed by atoms with Gasteiger partial charge in [-0.05, 0) is 51.8 Å². The van der Waals surface area contributed by atoms with E-state index in [4.69, 9.17) is 10.5 Å². The number of halogens is 2. The van der Waals surface area contributed by atoms with Crippen LogP contribution in [0.2, 0.25) is 0 Å². The average molecular weight is 440 g/mol. The number of rotatable bonds is 8. The largest absolute Gasteiger partial charge is 0.461 e. The highest BCUT2D eigenvalue weighted by Gasteiger charge is 2.44. The molecule has 0 aliphatic carbocycles. The van der Waals surface area contributed by atoms with Gasteiger partial charge in [-0.15, -0.1) is 0 Å². The number of esters is 2. The van der Waals surface area contributed by atoms with Gasteiger partial charge in [-0.2, -0.15) is 8.78 Å². The number of fused-ring (bicyclic) bond motifs is 1. The SMILES string of the molecule is CCOC(=O)C(F)(F)c1ccc2c(c1)CN(C(CCC(=O)OC(C)(C)C)C(N)=O)C2=O. The third kappa shape index (κ3) is 5.56. The van der Waals surface area contributed by atoms with Crippen molar-refractivity contribution in [2.75, 3.05) is 6.61 Å². The van der Waals surface area contributed by atoms with Gasteiger partial charge in [0.25, 0.3) is 5.91 Å². The lowest BCUT2D eigenvalue weighted by atomic mass is 10.0. The fraction of sp³-hybridized carbons (Fsp3) is 0.524. The van der Waals surface area contributed by atoms with Crippen LogP contribution >= 0.6 is 0 Å². The fourth-order valence-electron chi connectivity index (χ4n) is 3.23. The molecule has 1 aromatic rings. The molecule has 1 aliphatic heterocycles. The van der Waals surface area contributed by atoms with Crippen LogP contribution in [0.1, 0.15) is 62.0 Å². The number of alkyl halides is 2. The van der Waals surface area contributed by atoms with E-state index >= 15 is 0 Å². The van der Waals surface area contributed by atoms with E-state index in [0.29, 0.717) is 0 Å². The minimum atomic E-state index is -3.89. The van der Waals surface area contributed by atoms with Crippen LogP contribution in [0.5, 0.6) is 0 Å². The molecule has 170 valence electrons. The molecule has 10 heteroatoms. The van der Waals surface area contributed by atoms with Crippen LogP contribution in [0, 0.1) is 0 Å². The highest BCUT2D eigenvalue weighted by atomic mass is 19.3. The summed E-state index contributed by atoms with van der Waals surface area (Å²) in [6, 6.07) is 2.06. The Kier molecular flexibility index (Phi) is 7.03. The molecule has 0 spiro atoms. The normalized spacial score (nSPS) is 14.8. The lowest BCUT2D eigenvalue weighted by molar-refractivity contribution is -0.173. The zero-order valence-electron chi connectivity index (χ0n) is 17.9. The number of amides is 2. The maximum Gasteiger partial charge on any atom is 0.381 e. The van der Waals surface area contributed by atoms with Crippen molar-refractivity contribution in [2.45, 2.75) is 64.6 Å². The van der Waals surface area contributed by atoms with Crippen LogP contribution in [0.25, 0.3) is 0 Å². The van der Waals surface area contributed by atoms with Gasteiger partial charge in [-0.3, -0.25) is 14.4 Å². The smallest absolute Gasteiger partial charge is 0.381 e. The Morgan fingerprint density at radius 3 is 2.42 bits per heavy atom. The summed E-state index contributed by atoms with van der Waals surface area (Å²) in [5, 5.41) is 0. The number of ether oxygens (including phenoxy) is 2. The first-order valence-corrected chi connectivity index (χ1v) is 9.78. The number of hydrogen-bond acceptors (Lipinski definition) is 6. The zero-order chi connectivity index (χ0) is 23.6. The summed E-state index contributed by atoms with van der Waals surface area (Å²) >= 11 is 0. The quantitative estimate of drug-likeness (QED) is 0.620. The van der Waals surface area contributed by atoms with Crippen LogP contribution in [0.3, 0.4) is 0 Å². The first-order valence-electron chi connectivity index (χ1n) is 9.78. The van der Waals surface area contributed by atoms with Gasteiger partial charge in [0, 0.05) is 24.1 Å². The molecule has 1 unspecified atom stereocenters. The Labute approximate surface area is 178 Å². The third-order valence-electron chi connectivity index (χ3n) is 4.58. The molecule has 0 radical (unpaired) electrons. The topological polar surface area (TPSA) is 116 Å². The van der Waals surface area contributed by atoms with Crippen LogP contribution in [-0.4, -0.2) is 46.9 Å². The van der Waals surface area contributed by atoms with Crippen molar-refractivity contribution in [2.24, 2.45) is 5.73 Å². The Bertz CT molecular complexity index is 894. The Hall–Kier alpha value is -3.04. The van der Waals surface area contributed by atoms with Crippen molar-refractivity contribution in [1.82, 2.24) is 4.90 Å². The molecule has 2 N–H and O–H groups in total. The lowest BCUT2D eigenvalue weighted by Crippen LogP contribution is -2.45. The van der Waals surface area contributed by atoms with E-state index in [2.05, 4.69) is 4.74 Å². The molecule has 1 heterocycles. The maximum absolute atomic E-state index is 14.3. The predicted octanol–water partition coefficient (Wildman–Crippen LogP) is 2.27. The maximum atomic E-state index is 14.3. The Morgan fingerprint density at radius 1 is 1.23 bits per heavy atom. The molecule has 0 saturated heterocycles. The van der Waals surface area contributed by atoms with E-state index in [-0.39, 0.29) is 37.1 Å². The van der Waals surface area contributed by atoms with Gasteiger partial charge in [-0.25, -0.2) is 4.79 Å². The molecule has 1 atom stereocenters. The summed E-state index contributed by atoms with van der Waals surface area (Å²) in [6.07, 6.45) is -0.229. The first kappa shape index (κ1) is 24.2. The summed E-state index contributed by atoms with van der Waals surface area (Å²) in [6.45, 7) is 6.13. The molecule has 0 saturated carbocycles. The van der Waals surface area contributed by atoms with Crippen LogP contribution in [-0.2, 0) is 36.3 Å². The molecular formula is C21H26F2N2O6. The third-order valence-corrected chi connectivity index (χ3v) is 4.58. The molecule has 1 aromatic carbocycles. The van der Waals surface area contributed by atoms with Crippen LogP contribution < -0.4 is 5.73 Å². The molecule has 0 aromatic heterocycles. The molecule has 2 amide bonds. The van der Waals surface area contributed by atoms with Crippen molar-refractivity contribution >= 4 is 23.8 Å². The van der Waals surface area contributed by atoms with Crippen molar-refractivity contribution in [1.29, 1.82) is 0 Å². The summed E-state index contributed by atoms with van der Waals surface area (Å²) in [4.78, 5) is 49.4. The molecule has 31 heavy (non-hydrogen) atoms. The summed E-state index contributed by atoms with van der Waals surface area (Å²) in [7, 11) is 0. The second-order valence-corrected chi connectivity index (χ2v) is 8.14. The van der Waals surface area contributed by atoms with Crippen LogP contribution in [0.4, 0.5) is 8.78 Å². The number of primary amides is 1. The van der Waals surface area contributed by atoms with Crippen molar-refractivity contribution in [3.63, 3.8) is 0 Å². The van der Waals surface area contributed by atoms with E-state index < -0.39 is 46.9 Å². The number of nitrogens with zero attached hydrogens (tertiary/aromatic N) is 1. The van der Waals surface area contributed by atoms with Gasteiger partial charge in [0.1, 0.15) is 11.6 Å². The number of carbonyl (C=O) groups is 4. The van der Waals surface area contributed by atoms with E-state index in [1.807, 2.05) is 0 Å². The number of hydrogen-bond donors (Lipinski definition) is 1. The van der Waals surface area contributed by atoms with Crippen LogP contribution in [0.15, 0.2) is 18.2 Å². The van der Waals surface area contributed by atoms with Gasteiger partial charge in [0.05, 0.1) is 6.61 Å². The Morgan fingerprint density at radius 2 is 1.87 bits per heavy atom. The first-order chi connectivity index (χ1) is 14.3. The summed E-state index contributed by atoms with van der Waals surface area (Å²) < 4.78 is 38.3. The number of carbonyl (C=O) groups excluding carboxylic acids is 4. The second-order valence-electron chi connectivity index (χ2n) is 8.14. The highest BCUT2D eigenvalue weighted by molar-refractivity contribution is 6.01. The molecule has 2 rings (SSSR count). The molecule has 8 nitrogen and oxygen atoms in total. The summed E-state index contributed by atoms with van der Waals surface area (Å²) in [5.41, 5.74) is 4.44. The van der Waals surface area contributed by atoms with E-state index in [1.165, 1.54) is 13.0 Å². The minimum absolute atomic E-state index is 0.0736. The van der Waals surface area contributed by atoms with E-state index in [1.54, 1.807) is 20.8 Å². The van der Waals surface area contributed by atoms with Gasteiger partial charge >= 0.3 is 17.9 Å². The minimum Gasteiger partial charge on any atom is -0.461 e. The van der Waals surface area contributed by atoms with E-state index in [9.17, 15) is 28.0 Å².